The van der Waals surface area contributed by atoms with Crippen LogP contribution >= 0.6 is 23.2 Å². The van der Waals surface area contributed by atoms with E-state index in [-0.39, 0.29) is 26.3 Å². The second-order valence-corrected chi connectivity index (χ2v) is 7.12. The number of fused-ring (bicyclic) bond motifs is 1. The van der Waals surface area contributed by atoms with Gasteiger partial charge >= 0.3 is 0 Å². The number of benzene rings is 2. The molecule has 0 saturated heterocycles. The van der Waals surface area contributed by atoms with Crippen LogP contribution in [0.25, 0.3) is 0 Å². The minimum absolute atomic E-state index is 0.0335. The third-order valence-electron chi connectivity index (χ3n) is 3.16. The van der Waals surface area contributed by atoms with Crippen molar-refractivity contribution in [2.24, 2.45) is 0 Å². The van der Waals surface area contributed by atoms with Gasteiger partial charge in [-0.3, -0.25) is 4.79 Å². The number of halogens is 2. The summed E-state index contributed by atoms with van der Waals surface area (Å²) in [6, 6.07) is 10.7. The first-order valence-corrected chi connectivity index (χ1v) is 8.35. The number of hydrogen-bond acceptors (Lipinski definition) is 4. The molecule has 0 fully saturated rings. The second kappa shape index (κ2) is 5.46. The number of rotatable bonds is 3. The van der Waals surface area contributed by atoms with Gasteiger partial charge in [0.05, 0.1) is 15.6 Å². The summed E-state index contributed by atoms with van der Waals surface area (Å²) in [6.45, 7) is -0.501. The van der Waals surface area contributed by atoms with Gasteiger partial charge in [0.1, 0.15) is 4.90 Å². The second-order valence-electron chi connectivity index (χ2n) is 4.48. The van der Waals surface area contributed by atoms with Crippen molar-refractivity contribution < 1.29 is 17.9 Å². The number of nitrogens with zero attached hydrogens (tertiary/aromatic N) is 1. The van der Waals surface area contributed by atoms with Gasteiger partial charge in [-0.1, -0.05) is 41.4 Å². The Morgan fingerprint density at radius 3 is 2.27 bits per heavy atom. The molecule has 0 spiro atoms. The van der Waals surface area contributed by atoms with Crippen molar-refractivity contribution in [3.8, 4) is 5.75 Å². The normalized spacial score (nSPS) is 15.7. The zero-order chi connectivity index (χ0) is 15.9. The summed E-state index contributed by atoms with van der Waals surface area (Å²) in [5.74, 6) is -0.511. The molecule has 1 aliphatic rings. The maximum absolute atomic E-state index is 12.3. The topological polar surface area (TPSA) is 63.7 Å². The van der Waals surface area contributed by atoms with E-state index in [4.69, 9.17) is 27.9 Å². The lowest BCUT2D eigenvalue weighted by Crippen LogP contribution is -2.33. The van der Waals surface area contributed by atoms with Gasteiger partial charge in [-0.2, -0.15) is 4.31 Å². The molecule has 1 amide bonds. The van der Waals surface area contributed by atoms with Gasteiger partial charge in [0.2, 0.25) is 0 Å². The Labute approximate surface area is 137 Å². The number of para-hydroxylation sites is 1. The lowest BCUT2D eigenvalue weighted by molar-refractivity contribution is 0.0790. The quantitative estimate of drug-likeness (QED) is 0.846. The molecular formula is C14H9Cl2NO4S. The van der Waals surface area contributed by atoms with E-state index in [9.17, 15) is 13.2 Å². The van der Waals surface area contributed by atoms with Crippen molar-refractivity contribution in [2.75, 3.05) is 6.73 Å². The van der Waals surface area contributed by atoms with Crippen LogP contribution in [0.15, 0.2) is 47.4 Å². The number of amides is 1. The predicted molar refractivity (Wildman–Crippen MR) is 81.8 cm³/mol. The smallest absolute Gasteiger partial charge is 0.271 e. The molecule has 0 saturated carbocycles. The number of sulfonamides is 1. The molecule has 0 bridgehead atoms. The molecule has 2 aromatic rings. The van der Waals surface area contributed by atoms with Gasteiger partial charge in [-0.05, 0) is 24.3 Å². The standard InChI is InChI=1S/C14H9Cl2NO4S/c15-10-5-3-6-11(16)13(10)21-8-17-14(18)9-4-1-2-7-12(9)22(17,19)20/h1-7H,8H2. The largest absolute Gasteiger partial charge is 0.469 e. The van der Waals surface area contributed by atoms with Crippen LogP contribution in [0.5, 0.6) is 5.75 Å². The summed E-state index contributed by atoms with van der Waals surface area (Å²) in [4.78, 5) is 12.2. The summed E-state index contributed by atoms with van der Waals surface area (Å²) < 4.78 is 30.7. The van der Waals surface area contributed by atoms with Crippen molar-refractivity contribution in [3.63, 3.8) is 0 Å². The van der Waals surface area contributed by atoms with Crippen LogP contribution in [0.4, 0.5) is 0 Å². The summed E-state index contributed by atoms with van der Waals surface area (Å²) in [7, 11) is -3.92. The van der Waals surface area contributed by atoms with Crippen LogP contribution in [-0.4, -0.2) is 25.4 Å². The maximum Gasteiger partial charge on any atom is 0.271 e. The zero-order valence-electron chi connectivity index (χ0n) is 11.0. The van der Waals surface area contributed by atoms with E-state index in [1.54, 1.807) is 30.3 Å². The van der Waals surface area contributed by atoms with Gasteiger partial charge in [0, 0.05) is 0 Å². The van der Waals surface area contributed by atoms with E-state index < -0.39 is 22.7 Å². The van der Waals surface area contributed by atoms with Crippen molar-refractivity contribution >= 4 is 39.1 Å². The Hall–Kier alpha value is -1.76. The molecule has 3 rings (SSSR count). The van der Waals surface area contributed by atoms with Crippen LogP contribution < -0.4 is 4.74 Å². The minimum Gasteiger partial charge on any atom is -0.469 e. The first-order valence-electron chi connectivity index (χ1n) is 6.16. The SMILES string of the molecule is O=C1c2ccccc2S(=O)(=O)N1COc1c(Cl)cccc1Cl. The highest BCUT2D eigenvalue weighted by Crippen LogP contribution is 2.34. The molecular weight excluding hydrogens is 349 g/mol. The molecule has 8 heteroatoms. The average Bonchev–Trinajstić information content (AvgIpc) is 2.67. The number of ether oxygens (including phenoxy) is 1. The average molecular weight is 358 g/mol. The van der Waals surface area contributed by atoms with E-state index in [0.29, 0.717) is 4.31 Å². The van der Waals surface area contributed by atoms with Crippen LogP contribution in [-0.2, 0) is 10.0 Å². The van der Waals surface area contributed by atoms with Crippen LogP contribution in [0.2, 0.25) is 10.0 Å². The first-order chi connectivity index (χ1) is 10.4. The molecule has 1 heterocycles. The molecule has 0 unspecified atom stereocenters. The molecule has 0 aromatic heterocycles. The fraction of sp³-hybridized carbons (Fsp3) is 0.0714. The summed E-state index contributed by atoms with van der Waals surface area (Å²) in [5, 5.41) is 0.461. The van der Waals surface area contributed by atoms with E-state index in [0.717, 1.165) is 0 Å². The Kier molecular flexibility index (Phi) is 3.76. The fourth-order valence-electron chi connectivity index (χ4n) is 2.10. The Balaban J connectivity index is 1.90. The molecule has 0 N–H and O–H groups in total. The monoisotopic (exact) mass is 357 g/mol. The van der Waals surface area contributed by atoms with Gasteiger partial charge in [-0.25, -0.2) is 8.42 Å². The zero-order valence-corrected chi connectivity index (χ0v) is 13.3. The van der Waals surface area contributed by atoms with E-state index in [1.807, 2.05) is 0 Å². The maximum atomic E-state index is 12.3. The minimum atomic E-state index is -3.92. The Bertz CT molecular complexity index is 847. The van der Waals surface area contributed by atoms with E-state index >= 15 is 0 Å². The highest BCUT2D eigenvalue weighted by molar-refractivity contribution is 7.90. The van der Waals surface area contributed by atoms with Gasteiger partial charge in [0.15, 0.2) is 12.5 Å². The third-order valence-corrected chi connectivity index (χ3v) is 5.52. The van der Waals surface area contributed by atoms with Gasteiger partial charge < -0.3 is 4.74 Å². The van der Waals surface area contributed by atoms with Crippen LogP contribution in [0.3, 0.4) is 0 Å². The third kappa shape index (κ3) is 2.33. The Morgan fingerprint density at radius 1 is 1.00 bits per heavy atom. The Morgan fingerprint density at radius 2 is 1.64 bits per heavy atom. The number of carbonyl (C=O) groups excluding carboxylic acids is 1. The first kappa shape index (κ1) is 15.1. The lowest BCUT2D eigenvalue weighted by atomic mass is 10.2. The summed E-state index contributed by atoms with van der Waals surface area (Å²) in [6.07, 6.45) is 0. The van der Waals surface area contributed by atoms with Gasteiger partial charge in [-0.15, -0.1) is 0 Å². The molecule has 0 radical (unpaired) electrons. The summed E-state index contributed by atoms with van der Waals surface area (Å²) >= 11 is 11.9. The molecule has 114 valence electrons. The highest BCUT2D eigenvalue weighted by atomic mass is 35.5. The molecule has 22 heavy (non-hydrogen) atoms. The number of hydrogen-bond donors (Lipinski definition) is 0. The highest BCUT2D eigenvalue weighted by Gasteiger charge is 2.41. The number of carbonyl (C=O) groups is 1. The lowest BCUT2D eigenvalue weighted by Gasteiger charge is -2.17. The van der Waals surface area contributed by atoms with E-state index in [2.05, 4.69) is 0 Å². The van der Waals surface area contributed by atoms with E-state index in [1.165, 1.54) is 12.1 Å². The van der Waals surface area contributed by atoms with Crippen molar-refractivity contribution in [3.05, 3.63) is 58.1 Å². The van der Waals surface area contributed by atoms with Crippen LogP contribution in [0.1, 0.15) is 10.4 Å². The van der Waals surface area contributed by atoms with Gasteiger partial charge in [0.25, 0.3) is 15.9 Å². The van der Waals surface area contributed by atoms with Crippen molar-refractivity contribution in [1.82, 2.24) is 4.31 Å². The van der Waals surface area contributed by atoms with Crippen molar-refractivity contribution in [2.45, 2.75) is 4.90 Å². The molecule has 5 nitrogen and oxygen atoms in total. The fourth-order valence-corrected chi connectivity index (χ4v) is 4.04. The molecule has 2 aromatic carbocycles. The molecule has 1 aliphatic heterocycles. The molecule has 0 atom stereocenters. The summed E-state index contributed by atoms with van der Waals surface area (Å²) in [5.41, 5.74) is 0.122. The predicted octanol–water partition coefficient (Wildman–Crippen LogP) is 3.17. The molecule has 0 aliphatic carbocycles. The van der Waals surface area contributed by atoms with Crippen LogP contribution in [0, 0.1) is 0 Å². The van der Waals surface area contributed by atoms with Crippen molar-refractivity contribution in [1.29, 1.82) is 0 Å².